The molecule has 0 radical (unpaired) electrons. The number of pyridine rings is 2. The van der Waals surface area contributed by atoms with Crippen molar-refractivity contribution in [2.45, 2.75) is 46.6 Å². The van der Waals surface area contributed by atoms with E-state index in [0.717, 1.165) is 36.1 Å². The van der Waals surface area contributed by atoms with E-state index in [0.29, 0.717) is 31.1 Å². The van der Waals surface area contributed by atoms with Crippen LogP contribution in [0.3, 0.4) is 0 Å². The quantitative estimate of drug-likeness (QED) is 0.898. The molecular formula is C21H27N3O3. The minimum absolute atomic E-state index is 0.0923. The highest BCUT2D eigenvalue weighted by molar-refractivity contribution is 5.95. The first kappa shape index (κ1) is 19.1. The van der Waals surface area contributed by atoms with Crippen LogP contribution in [0.4, 0.5) is 0 Å². The summed E-state index contributed by atoms with van der Waals surface area (Å²) < 4.78 is 1.66. The highest BCUT2D eigenvalue weighted by Crippen LogP contribution is 2.22. The van der Waals surface area contributed by atoms with Gasteiger partial charge < -0.3 is 14.5 Å². The molecule has 1 saturated heterocycles. The van der Waals surface area contributed by atoms with Gasteiger partial charge in [-0.25, -0.2) is 0 Å². The number of likely N-dealkylation sites (tertiary alicyclic amines) is 1. The monoisotopic (exact) mass is 369 g/mol. The third-order valence-electron chi connectivity index (χ3n) is 5.51. The molecule has 1 amide bonds. The summed E-state index contributed by atoms with van der Waals surface area (Å²) in [5.41, 5.74) is 2.78. The number of piperidine rings is 1. The molecule has 0 aromatic carbocycles. The number of rotatable bonds is 4. The van der Waals surface area contributed by atoms with Gasteiger partial charge in [-0.05, 0) is 63.1 Å². The SMILES string of the molecule is CCn1c(C)cc(C)c(C(=O)N2CCC(Cc3ccc(=O)[nH]c3)CC2)c1=O. The maximum atomic E-state index is 13.0. The first-order chi connectivity index (χ1) is 12.9. The Balaban J connectivity index is 1.69. The van der Waals surface area contributed by atoms with E-state index in [1.807, 2.05) is 37.8 Å². The Labute approximate surface area is 158 Å². The fraction of sp³-hybridized carbons (Fsp3) is 0.476. The minimum atomic E-state index is -0.185. The Bertz CT molecular complexity index is 930. The van der Waals surface area contributed by atoms with E-state index < -0.39 is 0 Å². The van der Waals surface area contributed by atoms with Crippen LogP contribution in [-0.4, -0.2) is 33.4 Å². The van der Waals surface area contributed by atoms with E-state index in [1.54, 1.807) is 16.8 Å². The van der Waals surface area contributed by atoms with E-state index in [4.69, 9.17) is 0 Å². The minimum Gasteiger partial charge on any atom is -0.338 e. The number of aryl methyl sites for hydroxylation is 2. The molecule has 0 aliphatic carbocycles. The summed E-state index contributed by atoms with van der Waals surface area (Å²) in [4.78, 5) is 41.4. The molecule has 3 rings (SSSR count). The normalized spacial score (nSPS) is 15.1. The van der Waals surface area contributed by atoms with Crippen molar-refractivity contribution >= 4 is 5.91 Å². The number of hydrogen-bond donors (Lipinski definition) is 1. The molecule has 1 fully saturated rings. The largest absolute Gasteiger partial charge is 0.338 e. The summed E-state index contributed by atoms with van der Waals surface area (Å²) in [6.45, 7) is 7.53. The van der Waals surface area contributed by atoms with Crippen LogP contribution in [0.5, 0.6) is 0 Å². The topological polar surface area (TPSA) is 75.2 Å². The number of aromatic nitrogens is 2. The van der Waals surface area contributed by atoms with Gasteiger partial charge in [0, 0.05) is 37.6 Å². The Morgan fingerprint density at radius 1 is 1.19 bits per heavy atom. The molecule has 3 heterocycles. The Kier molecular flexibility index (Phi) is 5.63. The van der Waals surface area contributed by atoms with Gasteiger partial charge in [-0.3, -0.25) is 14.4 Å². The van der Waals surface area contributed by atoms with Gasteiger partial charge >= 0.3 is 0 Å². The molecule has 2 aromatic heterocycles. The number of nitrogens with zero attached hydrogens (tertiary/aromatic N) is 2. The molecule has 0 atom stereocenters. The third kappa shape index (κ3) is 4.04. The van der Waals surface area contributed by atoms with Crippen LogP contribution in [0.25, 0.3) is 0 Å². The summed E-state index contributed by atoms with van der Waals surface area (Å²) >= 11 is 0. The summed E-state index contributed by atoms with van der Waals surface area (Å²) in [6.07, 6.45) is 4.46. The van der Waals surface area contributed by atoms with Gasteiger partial charge in [-0.2, -0.15) is 0 Å². The van der Waals surface area contributed by atoms with Gasteiger partial charge in [0.1, 0.15) is 5.56 Å². The number of aromatic amines is 1. The van der Waals surface area contributed by atoms with Crippen LogP contribution < -0.4 is 11.1 Å². The van der Waals surface area contributed by atoms with Gasteiger partial charge in [0.15, 0.2) is 0 Å². The lowest BCUT2D eigenvalue weighted by molar-refractivity contribution is 0.0687. The second-order valence-corrected chi connectivity index (χ2v) is 7.39. The van der Waals surface area contributed by atoms with Crippen molar-refractivity contribution in [2.24, 2.45) is 5.92 Å². The van der Waals surface area contributed by atoms with E-state index in [9.17, 15) is 14.4 Å². The fourth-order valence-corrected chi connectivity index (χ4v) is 3.98. The lowest BCUT2D eigenvalue weighted by Crippen LogP contribution is -2.42. The highest BCUT2D eigenvalue weighted by atomic mass is 16.2. The molecule has 6 heteroatoms. The summed E-state index contributed by atoms with van der Waals surface area (Å²) in [7, 11) is 0. The molecule has 6 nitrogen and oxygen atoms in total. The summed E-state index contributed by atoms with van der Waals surface area (Å²) in [5, 5.41) is 0. The number of H-pyrrole nitrogens is 1. The van der Waals surface area contributed by atoms with E-state index >= 15 is 0 Å². The van der Waals surface area contributed by atoms with Crippen molar-refractivity contribution in [1.29, 1.82) is 0 Å². The molecule has 27 heavy (non-hydrogen) atoms. The molecule has 0 spiro atoms. The predicted molar refractivity (Wildman–Crippen MR) is 105 cm³/mol. The lowest BCUT2D eigenvalue weighted by Gasteiger charge is -2.32. The smallest absolute Gasteiger partial charge is 0.263 e. The van der Waals surface area contributed by atoms with E-state index in [1.165, 1.54) is 0 Å². The number of carbonyl (C=O) groups excluding carboxylic acids is 1. The van der Waals surface area contributed by atoms with Gasteiger partial charge in [0.05, 0.1) is 0 Å². The molecule has 1 aliphatic heterocycles. The molecule has 0 saturated carbocycles. The van der Waals surface area contributed by atoms with E-state index in [-0.39, 0.29) is 17.0 Å². The molecular weight excluding hydrogens is 342 g/mol. The van der Waals surface area contributed by atoms with Crippen molar-refractivity contribution in [2.75, 3.05) is 13.1 Å². The number of hydrogen-bond acceptors (Lipinski definition) is 3. The average molecular weight is 369 g/mol. The second-order valence-electron chi connectivity index (χ2n) is 7.39. The first-order valence-corrected chi connectivity index (χ1v) is 9.58. The Morgan fingerprint density at radius 3 is 2.48 bits per heavy atom. The van der Waals surface area contributed by atoms with Crippen molar-refractivity contribution < 1.29 is 4.79 Å². The Morgan fingerprint density at radius 2 is 1.89 bits per heavy atom. The summed E-state index contributed by atoms with van der Waals surface area (Å²) in [5.74, 6) is 0.327. The molecule has 0 unspecified atom stereocenters. The lowest BCUT2D eigenvalue weighted by atomic mass is 9.90. The van der Waals surface area contributed by atoms with Crippen molar-refractivity contribution in [3.05, 3.63) is 67.5 Å². The molecule has 1 N–H and O–H groups in total. The maximum absolute atomic E-state index is 13.0. The fourth-order valence-electron chi connectivity index (χ4n) is 3.98. The van der Waals surface area contributed by atoms with Crippen LogP contribution in [0, 0.1) is 19.8 Å². The van der Waals surface area contributed by atoms with Crippen LogP contribution >= 0.6 is 0 Å². The van der Waals surface area contributed by atoms with Crippen LogP contribution in [0.15, 0.2) is 34.0 Å². The van der Waals surface area contributed by atoms with Crippen molar-refractivity contribution in [3.8, 4) is 0 Å². The van der Waals surface area contributed by atoms with Crippen LogP contribution in [0.1, 0.15) is 46.9 Å². The molecule has 0 bridgehead atoms. The third-order valence-corrected chi connectivity index (χ3v) is 5.51. The zero-order chi connectivity index (χ0) is 19.6. The zero-order valence-corrected chi connectivity index (χ0v) is 16.2. The van der Waals surface area contributed by atoms with Gasteiger partial charge in [-0.1, -0.05) is 6.07 Å². The second kappa shape index (κ2) is 7.94. The Hall–Kier alpha value is -2.63. The molecule has 2 aromatic rings. The summed E-state index contributed by atoms with van der Waals surface area (Å²) in [6, 6.07) is 5.33. The van der Waals surface area contributed by atoms with E-state index in [2.05, 4.69) is 4.98 Å². The maximum Gasteiger partial charge on any atom is 0.263 e. The predicted octanol–water partition coefficient (Wildman–Crippen LogP) is 2.27. The van der Waals surface area contributed by atoms with Crippen molar-refractivity contribution in [3.63, 3.8) is 0 Å². The van der Waals surface area contributed by atoms with Crippen molar-refractivity contribution in [1.82, 2.24) is 14.5 Å². The molecule has 144 valence electrons. The first-order valence-electron chi connectivity index (χ1n) is 9.58. The number of nitrogens with one attached hydrogen (secondary N) is 1. The standard InChI is InChI=1S/C21H27N3O3/c1-4-24-15(3)11-14(2)19(21(24)27)20(26)23-9-7-16(8-10-23)12-17-5-6-18(25)22-13-17/h5-6,11,13,16H,4,7-10,12H2,1-3H3,(H,22,25). The van der Waals surface area contributed by atoms with Crippen LogP contribution in [-0.2, 0) is 13.0 Å². The highest BCUT2D eigenvalue weighted by Gasteiger charge is 2.27. The van der Waals surface area contributed by atoms with Crippen LogP contribution in [0.2, 0.25) is 0 Å². The number of amides is 1. The average Bonchev–Trinajstić information content (AvgIpc) is 2.64. The van der Waals surface area contributed by atoms with Gasteiger partial charge in [0.25, 0.3) is 11.5 Å². The van der Waals surface area contributed by atoms with Gasteiger partial charge in [0.2, 0.25) is 5.56 Å². The zero-order valence-electron chi connectivity index (χ0n) is 16.2. The molecule has 1 aliphatic rings. The number of carbonyl (C=O) groups is 1. The van der Waals surface area contributed by atoms with Gasteiger partial charge in [-0.15, -0.1) is 0 Å².